The standard InChI is InChI=1S/C29H23FN2O4/c1-4-31-22-8-6-5-7-21(22)29(28(31)35)24-25(33)20-13-16(2)17(3)14-23(20)36-26(24)27(34)32(29)15-18-9-11-19(30)12-10-18/h5-14H,4,15H2,1-3H3. The van der Waals surface area contributed by atoms with Crippen molar-refractivity contribution < 1.29 is 18.4 Å². The Morgan fingerprint density at radius 3 is 2.36 bits per heavy atom. The number of carbonyl (C=O) groups is 2. The molecule has 3 aromatic carbocycles. The van der Waals surface area contributed by atoms with Crippen molar-refractivity contribution in [2.45, 2.75) is 32.9 Å². The fraction of sp³-hybridized carbons (Fsp3) is 0.207. The lowest BCUT2D eigenvalue weighted by Crippen LogP contribution is -2.53. The first-order valence-electron chi connectivity index (χ1n) is 11.9. The molecule has 36 heavy (non-hydrogen) atoms. The van der Waals surface area contributed by atoms with E-state index in [0.717, 1.165) is 11.1 Å². The van der Waals surface area contributed by atoms with Gasteiger partial charge in [-0.1, -0.05) is 30.3 Å². The van der Waals surface area contributed by atoms with E-state index in [2.05, 4.69) is 0 Å². The molecule has 7 heteroatoms. The number of halogens is 1. The Labute approximate surface area is 206 Å². The van der Waals surface area contributed by atoms with E-state index in [1.165, 1.54) is 17.0 Å². The Morgan fingerprint density at radius 1 is 0.944 bits per heavy atom. The number of hydrogen-bond acceptors (Lipinski definition) is 4. The summed E-state index contributed by atoms with van der Waals surface area (Å²) in [7, 11) is 0. The summed E-state index contributed by atoms with van der Waals surface area (Å²) in [5, 5.41) is 0.327. The highest BCUT2D eigenvalue weighted by molar-refractivity contribution is 6.17. The zero-order chi connectivity index (χ0) is 25.4. The van der Waals surface area contributed by atoms with Crippen molar-refractivity contribution in [3.8, 4) is 0 Å². The number of rotatable bonds is 3. The number of hydrogen-bond donors (Lipinski definition) is 0. The molecule has 0 fully saturated rings. The van der Waals surface area contributed by atoms with Gasteiger partial charge >= 0.3 is 0 Å². The van der Waals surface area contributed by atoms with Gasteiger partial charge in [0.25, 0.3) is 11.8 Å². The number of likely N-dealkylation sites (N-methyl/N-ethyl adjacent to an activating group) is 1. The summed E-state index contributed by atoms with van der Waals surface area (Å²) in [6.07, 6.45) is 0. The second-order valence-corrected chi connectivity index (χ2v) is 9.36. The molecule has 180 valence electrons. The molecule has 4 aromatic rings. The number of benzene rings is 3. The van der Waals surface area contributed by atoms with Crippen LogP contribution in [0.1, 0.15) is 45.3 Å². The minimum absolute atomic E-state index is 0.00518. The Kier molecular flexibility index (Phi) is 4.70. The second kappa shape index (κ2) is 7.62. The van der Waals surface area contributed by atoms with E-state index in [-0.39, 0.29) is 23.8 Å². The maximum absolute atomic E-state index is 14.3. The highest BCUT2D eigenvalue weighted by Crippen LogP contribution is 2.53. The third-order valence-electron chi connectivity index (χ3n) is 7.42. The molecule has 1 unspecified atom stereocenters. The number of anilines is 1. The van der Waals surface area contributed by atoms with E-state index < -0.39 is 22.7 Å². The van der Waals surface area contributed by atoms with Gasteiger partial charge in [0.05, 0.1) is 16.6 Å². The van der Waals surface area contributed by atoms with Crippen molar-refractivity contribution >= 4 is 28.5 Å². The van der Waals surface area contributed by atoms with Gasteiger partial charge in [0, 0.05) is 18.7 Å². The monoisotopic (exact) mass is 482 g/mol. The fourth-order valence-electron chi connectivity index (χ4n) is 5.55. The molecule has 1 spiro atoms. The average Bonchev–Trinajstić information content (AvgIpc) is 3.26. The van der Waals surface area contributed by atoms with Crippen LogP contribution in [0.15, 0.2) is 69.9 Å². The molecule has 2 amide bonds. The highest BCUT2D eigenvalue weighted by Gasteiger charge is 2.64. The summed E-state index contributed by atoms with van der Waals surface area (Å²) >= 11 is 0. The molecule has 0 bridgehead atoms. The lowest BCUT2D eigenvalue weighted by Gasteiger charge is -2.34. The van der Waals surface area contributed by atoms with Gasteiger partial charge in [0.15, 0.2) is 11.0 Å². The average molecular weight is 483 g/mol. The predicted octanol–water partition coefficient (Wildman–Crippen LogP) is 4.82. The van der Waals surface area contributed by atoms with Crippen LogP contribution in [0.2, 0.25) is 0 Å². The number of para-hydroxylation sites is 1. The normalized spacial score (nSPS) is 18.4. The maximum atomic E-state index is 14.3. The Balaban J connectivity index is 1.71. The Morgan fingerprint density at radius 2 is 1.64 bits per heavy atom. The van der Waals surface area contributed by atoms with Gasteiger partial charge in [-0.25, -0.2) is 4.39 Å². The summed E-state index contributed by atoms with van der Waals surface area (Å²) in [5.74, 6) is -1.46. The molecule has 0 saturated heterocycles. The van der Waals surface area contributed by atoms with Crippen LogP contribution in [-0.2, 0) is 16.9 Å². The van der Waals surface area contributed by atoms with Crippen LogP contribution < -0.4 is 10.3 Å². The molecule has 6 nitrogen and oxygen atoms in total. The number of nitrogens with zero attached hydrogens (tertiary/aromatic N) is 2. The quantitative estimate of drug-likeness (QED) is 0.420. The molecule has 2 aliphatic rings. The highest BCUT2D eigenvalue weighted by atomic mass is 19.1. The van der Waals surface area contributed by atoms with Gasteiger partial charge in [-0.15, -0.1) is 0 Å². The molecule has 6 rings (SSSR count). The SMILES string of the molecule is CCN1C(=O)C2(c3ccccc31)c1c(oc3cc(C)c(C)cc3c1=O)C(=O)N2Cc1ccc(F)cc1. The van der Waals surface area contributed by atoms with Crippen LogP contribution in [0.4, 0.5) is 10.1 Å². The second-order valence-electron chi connectivity index (χ2n) is 9.36. The van der Waals surface area contributed by atoms with Crippen molar-refractivity contribution in [3.63, 3.8) is 0 Å². The largest absolute Gasteiger partial charge is 0.450 e. The topological polar surface area (TPSA) is 70.8 Å². The van der Waals surface area contributed by atoms with E-state index >= 15 is 0 Å². The summed E-state index contributed by atoms with van der Waals surface area (Å²) in [5.41, 5.74) is 1.93. The number of carbonyl (C=O) groups excluding carboxylic acids is 2. The first kappa shape index (κ1) is 22.2. The van der Waals surface area contributed by atoms with E-state index in [9.17, 15) is 18.8 Å². The molecule has 0 saturated carbocycles. The minimum Gasteiger partial charge on any atom is -0.450 e. The van der Waals surface area contributed by atoms with Gasteiger partial charge in [0.1, 0.15) is 11.4 Å². The lowest BCUT2D eigenvalue weighted by molar-refractivity contribution is -0.126. The van der Waals surface area contributed by atoms with Crippen LogP contribution in [0.25, 0.3) is 11.0 Å². The zero-order valence-electron chi connectivity index (χ0n) is 20.1. The van der Waals surface area contributed by atoms with Gasteiger partial charge in [-0.05, 0) is 67.8 Å². The third kappa shape index (κ3) is 2.74. The molecular formula is C29H23FN2O4. The van der Waals surface area contributed by atoms with Crippen molar-refractivity contribution in [1.82, 2.24) is 4.90 Å². The van der Waals surface area contributed by atoms with Crippen molar-refractivity contribution in [3.05, 3.63) is 110 Å². The van der Waals surface area contributed by atoms with Crippen LogP contribution in [0.5, 0.6) is 0 Å². The van der Waals surface area contributed by atoms with Crippen molar-refractivity contribution in [1.29, 1.82) is 0 Å². The molecular weight excluding hydrogens is 459 g/mol. The first-order chi connectivity index (χ1) is 17.3. The number of aryl methyl sites for hydroxylation is 2. The number of fused-ring (bicyclic) bond motifs is 5. The van der Waals surface area contributed by atoms with Crippen molar-refractivity contribution in [2.75, 3.05) is 11.4 Å². The zero-order valence-corrected chi connectivity index (χ0v) is 20.1. The molecule has 0 N–H and O–H groups in total. The van der Waals surface area contributed by atoms with Gasteiger partial charge < -0.3 is 14.2 Å². The van der Waals surface area contributed by atoms with E-state index in [4.69, 9.17) is 4.42 Å². The minimum atomic E-state index is -1.68. The van der Waals surface area contributed by atoms with E-state index in [0.29, 0.717) is 34.3 Å². The summed E-state index contributed by atoms with van der Waals surface area (Å²) in [6, 6.07) is 16.5. The van der Waals surface area contributed by atoms with Crippen LogP contribution in [-0.4, -0.2) is 23.3 Å². The molecule has 3 heterocycles. The Hall–Kier alpha value is -4.26. The lowest BCUT2D eigenvalue weighted by atomic mass is 9.83. The first-order valence-corrected chi connectivity index (χ1v) is 11.9. The molecule has 1 aromatic heterocycles. The van der Waals surface area contributed by atoms with Crippen molar-refractivity contribution in [2.24, 2.45) is 0 Å². The van der Waals surface area contributed by atoms with Gasteiger partial charge in [0.2, 0.25) is 5.76 Å². The van der Waals surface area contributed by atoms with E-state index in [1.54, 1.807) is 41.3 Å². The van der Waals surface area contributed by atoms with Gasteiger partial charge in [-0.3, -0.25) is 14.4 Å². The van der Waals surface area contributed by atoms with Crippen LogP contribution in [0, 0.1) is 19.7 Å². The third-order valence-corrected chi connectivity index (χ3v) is 7.42. The summed E-state index contributed by atoms with van der Waals surface area (Å²) in [6.45, 7) is 6.02. The van der Waals surface area contributed by atoms with Crippen LogP contribution in [0.3, 0.4) is 0 Å². The molecule has 1 atom stereocenters. The predicted molar refractivity (Wildman–Crippen MR) is 133 cm³/mol. The van der Waals surface area contributed by atoms with Gasteiger partial charge in [-0.2, -0.15) is 0 Å². The maximum Gasteiger partial charge on any atom is 0.291 e. The van der Waals surface area contributed by atoms with E-state index in [1.807, 2.05) is 32.9 Å². The molecule has 2 aliphatic heterocycles. The fourth-order valence-corrected chi connectivity index (χ4v) is 5.55. The number of amides is 2. The Bertz CT molecular complexity index is 1660. The molecule has 0 radical (unpaired) electrons. The molecule has 0 aliphatic carbocycles. The smallest absolute Gasteiger partial charge is 0.291 e. The summed E-state index contributed by atoms with van der Waals surface area (Å²) in [4.78, 5) is 45.4. The van der Waals surface area contributed by atoms with Crippen LogP contribution >= 0.6 is 0 Å². The summed E-state index contributed by atoms with van der Waals surface area (Å²) < 4.78 is 19.7.